The van der Waals surface area contributed by atoms with Gasteiger partial charge in [0.25, 0.3) is 0 Å². The van der Waals surface area contributed by atoms with Crippen LogP contribution in [0.3, 0.4) is 0 Å². The maximum atomic E-state index is 13.0. The number of carbonyl (C=O) groups excluding carboxylic acids is 2. The number of esters is 1. The van der Waals surface area contributed by atoms with Crippen LogP contribution in [-0.2, 0) is 9.53 Å². The second-order valence-corrected chi connectivity index (χ2v) is 4.63. The van der Waals surface area contributed by atoms with E-state index in [1.54, 1.807) is 26.8 Å². The fraction of sp³-hybridized carbons (Fsp3) is 0.429. The molecule has 0 spiro atoms. The van der Waals surface area contributed by atoms with E-state index in [0.717, 1.165) is 5.56 Å². The number of hydrogen-bond donors (Lipinski definition) is 2. The highest BCUT2D eigenvalue weighted by atomic mass is 19.1. The van der Waals surface area contributed by atoms with E-state index in [1.165, 1.54) is 12.1 Å². The molecule has 0 aromatic heterocycles. The van der Waals surface area contributed by atoms with Crippen molar-refractivity contribution < 1.29 is 18.7 Å². The molecule has 0 radical (unpaired) electrons. The van der Waals surface area contributed by atoms with Crippen LogP contribution < -0.4 is 10.6 Å². The lowest BCUT2D eigenvalue weighted by molar-refractivity contribution is -0.147. The van der Waals surface area contributed by atoms with Gasteiger partial charge in [-0.25, -0.2) is 9.18 Å². The zero-order valence-electron chi connectivity index (χ0n) is 11.8. The normalized spacial score (nSPS) is 10.2. The number of carbonyl (C=O) groups is 2. The number of rotatable bonds is 5. The first-order chi connectivity index (χ1) is 9.38. The maximum absolute atomic E-state index is 13.0. The standard InChI is InChI=1S/C14H19FN2O3/c1-9(2)20-13(18)6-7-16-14(19)17-12-8-11(15)5-4-10(12)3/h4-5,8-9H,6-7H2,1-3H3,(H2,16,17,19). The molecule has 2 amide bonds. The van der Waals surface area contributed by atoms with Crippen molar-refractivity contribution in [1.82, 2.24) is 5.32 Å². The van der Waals surface area contributed by atoms with E-state index in [0.29, 0.717) is 5.69 Å². The highest BCUT2D eigenvalue weighted by Gasteiger charge is 2.08. The van der Waals surface area contributed by atoms with Gasteiger partial charge in [0.1, 0.15) is 5.82 Å². The molecule has 110 valence electrons. The first kappa shape index (κ1) is 15.9. The summed E-state index contributed by atoms with van der Waals surface area (Å²) in [7, 11) is 0. The average molecular weight is 282 g/mol. The van der Waals surface area contributed by atoms with Crippen molar-refractivity contribution in [3.05, 3.63) is 29.6 Å². The number of hydrogen-bond acceptors (Lipinski definition) is 3. The van der Waals surface area contributed by atoms with Crippen molar-refractivity contribution in [3.63, 3.8) is 0 Å². The third-order valence-corrected chi connectivity index (χ3v) is 2.43. The monoisotopic (exact) mass is 282 g/mol. The third-order valence-electron chi connectivity index (χ3n) is 2.43. The number of ether oxygens (including phenoxy) is 1. The summed E-state index contributed by atoms with van der Waals surface area (Å²) >= 11 is 0. The predicted molar refractivity (Wildman–Crippen MR) is 74.0 cm³/mol. The molecule has 1 aromatic carbocycles. The summed E-state index contributed by atoms with van der Waals surface area (Å²) in [5.41, 5.74) is 1.15. The molecule has 0 heterocycles. The Hall–Kier alpha value is -2.11. The van der Waals surface area contributed by atoms with Gasteiger partial charge in [0, 0.05) is 12.2 Å². The Balaban J connectivity index is 2.37. The van der Waals surface area contributed by atoms with Gasteiger partial charge in [0.05, 0.1) is 12.5 Å². The molecule has 0 bridgehead atoms. The molecule has 0 atom stereocenters. The molecule has 0 unspecified atom stereocenters. The van der Waals surface area contributed by atoms with Crippen LogP contribution in [0.15, 0.2) is 18.2 Å². The van der Waals surface area contributed by atoms with E-state index in [2.05, 4.69) is 10.6 Å². The molecule has 1 rings (SSSR count). The summed E-state index contributed by atoms with van der Waals surface area (Å²) in [6.45, 7) is 5.43. The number of nitrogens with one attached hydrogen (secondary N) is 2. The second-order valence-electron chi connectivity index (χ2n) is 4.63. The smallest absolute Gasteiger partial charge is 0.319 e. The van der Waals surface area contributed by atoms with Gasteiger partial charge in [-0.1, -0.05) is 6.07 Å². The Bertz CT molecular complexity index is 489. The van der Waals surface area contributed by atoms with Crippen LogP contribution in [0.2, 0.25) is 0 Å². The molecule has 0 saturated carbocycles. The quantitative estimate of drug-likeness (QED) is 0.816. The number of urea groups is 1. The highest BCUT2D eigenvalue weighted by Crippen LogP contribution is 2.15. The minimum Gasteiger partial charge on any atom is -0.463 e. The SMILES string of the molecule is Cc1ccc(F)cc1NC(=O)NCCC(=O)OC(C)C. The summed E-state index contributed by atoms with van der Waals surface area (Å²) in [6.07, 6.45) is -0.0837. The number of anilines is 1. The summed E-state index contributed by atoms with van der Waals surface area (Å²) in [6, 6.07) is 3.64. The van der Waals surface area contributed by atoms with Gasteiger partial charge in [0.15, 0.2) is 0 Å². The van der Waals surface area contributed by atoms with Crippen molar-refractivity contribution in [1.29, 1.82) is 0 Å². The summed E-state index contributed by atoms with van der Waals surface area (Å²) in [5.74, 6) is -0.798. The summed E-state index contributed by atoms with van der Waals surface area (Å²) < 4.78 is 18.0. The van der Waals surface area contributed by atoms with Gasteiger partial charge in [0.2, 0.25) is 0 Å². The molecule has 6 heteroatoms. The number of aryl methyl sites for hydroxylation is 1. The fourth-order valence-electron chi connectivity index (χ4n) is 1.50. The molecule has 0 aliphatic heterocycles. The molecule has 0 saturated heterocycles. The van der Waals surface area contributed by atoms with Crippen molar-refractivity contribution in [2.24, 2.45) is 0 Å². The average Bonchev–Trinajstić information content (AvgIpc) is 2.33. The Morgan fingerprint density at radius 3 is 2.70 bits per heavy atom. The topological polar surface area (TPSA) is 67.4 Å². The van der Waals surface area contributed by atoms with Crippen molar-refractivity contribution in [2.75, 3.05) is 11.9 Å². The molecule has 0 fully saturated rings. The summed E-state index contributed by atoms with van der Waals surface area (Å²) in [4.78, 5) is 22.8. The lowest BCUT2D eigenvalue weighted by atomic mass is 10.2. The van der Waals surface area contributed by atoms with Crippen molar-refractivity contribution in [2.45, 2.75) is 33.3 Å². The van der Waals surface area contributed by atoms with Gasteiger partial charge in [-0.2, -0.15) is 0 Å². The van der Waals surface area contributed by atoms with Crippen LogP contribution in [0, 0.1) is 12.7 Å². The van der Waals surface area contributed by atoms with Gasteiger partial charge in [-0.05, 0) is 38.5 Å². The van der Waals surface area contributed by atoms with Crippen LogP contribution in [0.5, 0.6) is 0 Å². The van der Waals surface area contributed by atoms with E-state index in [9.17, 15) is 14.0 Å². The minimum atomic E-state index is -0.490. The van der Waals surface area contributed by atoms with Gasteiger partial charge >= 0.3 is 12.0 Å². The number of amides is 2. The number of benzene rings is 1. The van der Waals surface area contributed by atoms with E-state index in [1.807, 2.05) is 0 Å². The largest absolute Gasteiger partial charge is 0.463 e. The predicted octanol–water partition coefficient (Wildman–Crippen LogP) is 2.60. The van der Waals surface area contributed by atoms with E-state index < -0.39 is 11.8 Å². The van der Waals surface area contributed by atoms with E-state index in [4.69, 9.17) is 4.74 Å². The van der Waals surface area contributed by atoms with Crippen LogP contribution in [0.1, 0.15) is 25.8 Å². The zero-order chi connectivity index (χ0) is 15.1. The van der Waals surface area contributed by atoms with Gasteiger partial charge in [-0.3, -0.25) is 4.79 Å². The molecular weight excluding hydrogens is 263 g/mol. The van der Waals surface area contributed by atoms with Crippen molar-refractivity contribution in [3.8, 4) is 0 Å². The Kier molecular flexibility index (Phi) is 5.96. The van der Waals surface area contributed by atoms with Crippen LogP contribution in [-0.4, -0.2) is 24.6 Å². The fourth-order valence-corrected chi connectivity index (χ4v) is 1.50. The first-order valence-corrected chi connectivity index (χ1v) is 6.39. The Morgan fingerprint density at radius 1 is 1.35 bits per heavy atom. The highest BCUT2D eigenvalue weighted by molar-refractivity contribution is 5.90. The van der Waals surface area contributed by atoms with Crippen LogP contribution in [0.25, 0.3) is 0 Å². The lowest BCUT2D eigenvalue weighted by Gasteiger charge is -2.10. The second kappa shape index (κ2) is 7.47. The lowest BCUT2D eigenvalue weighted by Crippen LogP contribution is -2.31. The van der Waals surface area contributed by atoms with Crippen LogP contribution >= 0.6 is 0 Å². The Morgan fingerprint density at radius 2 is 2.05 bits per heavy atom. The molecule has 20 heavy (non-hydrogen) atoms. The van der Waals surface area contributed by atoms with Crippen LogP contribution in [0.4, 0.5) is 14.9 Å². The zero-order valence-corrected chi connectivity index (χ0v) is 11.8. The summed E-state index contributed by atoms with van der Waals surface area (Å²) in [5, 5.41) is 5.03. The van der Waals surface area contributed by atoms with E-state index in [-0.39, 0.29) is 25.0 Å². The number of halogens is 1. The first-order valence-electron chi connectivity index (χ1n) is 6.39. The molecule has 0 aliphatic rings. The molecule has 0 aliphatic carbocycles. The molecular formula is C14H19FN2O3. The van der Waals surface area contributed by atoms with Gasteiger partial charge in [-0.15, -0.1) is 0 Å². The maximum Gasteiger partial charge on any atom is 0.319 e. The van der Waals surface area contributed by atoms with E-state index >= 15 is 0 Å². The third kappa shape index (κ3) is 5.69. The van der Waals surface area contributed by atoms with Gasteiger partial charge < -0.3 is 15.4 Å². The van der Waals surface area contributed by atoms with Crippen molar-refractivity contribution >= 4 is 17.7 Å². The minimum absolute atomic E-state index is 0.0910. The Labute approximate surface area is 117 Å². The molecule has 1 aromatic rings. The molecule has 5 nitrogen and oxygen atoms in total. The molecule has 2 N–H and O–H groups in total.